The van der Waals surface area contributed by atoms with Crippen molar-refractivity contribution in [2.45, 2.75) is 19.1 Å². The topological polar surface area (TPSA) is 120 Å². The number of nitrogens with two attached hydrogens (primary N) is 1. The maximum atomic E-state index is 6.04. The van der Waals surface area contributed by atoms with Gasteiger partial charge in [0, 0.05) is 42.5 Å². The molecule has 1 fully saturated rings. The predicted octanol–water partition coefficient (Wildman–Crippen LogP) is 3.53. The van der Waals surface area contributed by atoms with E-state index in [4.69, 9.17) is 15.2 Å². The number of hydrogen-bond donors (Lipinski definition) is 3. The maximum absolute atomic E-state index is 6.04. The van der Waals surface area contributed by atoms with Crippen molar-refractivity contribution < 1.29 is 9.47 Å². The second-order valence-corrected chi connectivity index (χ2v) is 7.48. The molecule has 32 heavy (non-hydrogen) atoms. The van der Waals surface area contributed by atoms with Crippen LogP contribution in [0, 0.1) is 0 Å². The predicted molar refractivity (Wildman–Crippen MR) is 123 cm³/mol. The van der Waals surface area contributed by atoms with Crippen molar-refractivity contribution in [1.29, 1.82) is 0 Å². The summed E-state index contributed by atoms with van der Waals surface area (Å²) < 4.78 is 11.2. The standard InChI is InChI=1S/C23H23N7O2/c24-22-23(28-12-15-3-4-19-16(10-15)2-1-7-25-19)30-20(13-27-22)29-17-5-8-26-21(11-17)32-18-6-9-31-14-18/h1-5,7-8,10-11,13,18H,6,9,12,14H2,(H2,24,27)(H2,26,28,29,30)/t18-/m0/s1. The lowest BCUT2D eigenvalue weighted by Gasteiger charge is -2.13. The number of nitrogens with zero attached hydrogens (tertiary/aromatic N) is 4. The molecule has 1 saturated heterocycles. The van der Waals surface area contributed by atoms with Gasteiger partial charge < -0.3 is 25.8 Å². The quantitative estimate of drug-likeness (QED) is 0.405. The van der Waals surface area contributed by atoms with Gasteiger partial charge in [0.2, 0.25) is 5.88 Å². The fraction of sp³-hybridized carbons (Fsp3) is 0.217. The lowest BCUT2D eigenvalue weighted by Crippen LogP contribution is -2.16. The van der Waals surface area contributed by atoms with Gasteiger partial charge in [-0.1, -0.05) is 12.1 Å². The summed E-state index contributed by atoms with van der Waals surface area (Å²) in [4.78, 5) is 17.5. The summed E-state index contributed by atoms with van der Waals surface area (Å²) in [6.07, 6.45) is 5.97. The van der Waals surface area contributed by atoms with Crippen molar-refractivity contribution in [3.63, 3.8) is 0 Å². The van der Waals surface area contributed by atoms with Crippen LogP contribution < -0.4 is 21.1 Å². The molecule has 9 nitrogen and oxygen atoms in total. The minimum atomic E-state index is 0.0377. The number of pyridine rings is 2. The van der Waals surface area contributed by atoms with E-state index in [0.29, 0.717) is 36.5 Å². The molecule has 1 atom stereocenters. The van der Waals surface area contributed by atoms with Crippen LogP contribution in [-0.4, -0.2) is 39.3 Å². The summed E-state index contributed by atoms with van der Waals surface area (Å²) in [5, 5.41) is 7.58. The number of aromatic nitrogens is 4. The highest BCUT2D eigenvalue weighted by Crippen LogP contribution is 2.23. The number of benzene rings is 1. The molecule has 0 saturated carbocycles. The monoisotopic (exact) mass is 429 g/mol. The van der Waals surface area contributed by atoms with Crippen LogP contribution in [-0.2, 0) is 11.3 Å². The fourth-order valence-electron chi connectivity index (χ4n) is 3.49. The lowest BCUT2D eigenvalue weighted by molar-refractivity contribution is 0.138. The van der Waals surface area contributed by atoms with Gasteiger partial charge in [0.25, 0.3) is 0 Å². The molecular weight excluding hydrogens is 406 g/mol. The van der Waals surface area contributed by atoms with E-state index in [1.807, 2.05) is 36.4 Å². The molecule has 0 radical (unpaired) electrons. The van der Waals surface area contributed by atoms with Gasteiger partial charge in [-0.15, -0.1) is 0 Å². The van der Waals surface area contributed by atoms with Crippen molar-refractivity contribution >= 4 is 34.0 Å². The molecule has 0 spiro atoms. The average Bonchev–Trinajstić information content (AvgIpc) is 3.32. The third kappa shape index (κ3) is 4.68. The Labute approximate surface area is 185 Å². The average molecular weight is 429 g/mol. The number of nitrogens with one attached hydrogen (secondary N) is 2. The zero-order valence-corrected chi connectivity index (χ0v) is 17.4. The Morgan fingerprint density at radius 3 is 2.97 bits per heavy atom. The van der Waals surface area contributed by atoms with E-state index in [1.165, 1.54) is 0 Å². The van der Waals surface area contributed by atoms with Gasteiger partial charge >= 0.3 is 0 Å². The van der Waals surface area contributed by atoms with E-state index in [0.717, 1.165) is 35.2 Å². The number of ether oxygens (including phenoxy) is 2. The van der Waals surface area contributed by atoms with Crippen molar-refractivity contribution in [3.8, 4) is 5.88 Å². The SMILES string of the molecule is Nc1ncc(Nc2ccnc(O[C@H]3CCOC3)c2)nc1NCc1ccc2ncccc2c1. The van der Waals surface area contributed by atoms with Crippen molar-refractivity contribution in [1.82, 2.24) is 19.9 Å². The van der Waals surface area contributed by atoms with E-state index in [1.54, 1.807) is 18.6 Å². The van der Waals surface area contributed by atoms with Crippen LogP contribution in [0.1, 0.15) is 12.0 Å². The Morgan fingerprint density at radius 2 is 2.06 bits per heavy atom. The molecular formula is C23H23N7O2. The van der Waals surface area contributed by atoms with Gasteiger partial charge in [-0.3, -0.25) is 4.98 Å². The molecule has 4 N–H and O–H groups in total. The first-order valence-electron chi connectivity index (χ1n) is 10.4. The van der Waals surface area contributed by atoms with E-state index in [9.17, 15) is 0 Å². The van der Waals surface area contributed by atoms with E-state index in [-0.39, 0.29) is 6.10 Å². The van der Waals surface area contributed by atoms with Gasteiger partial charge in [0.1, 0.15) is 6.10 Å². The second kappa shape index (κ2) is 9.03. The molecule has 0 amide bonds. The van der Waals surface area contributed by atoms with Crippen molar-refractivity contribution in [3.05, 3.63) is 66.6 Å². The molecule has 1 aromatic carbocycles. The van der Waals surface area contributed by atoms with Crippen LogP contribution >= 0.6 is 0 Å². The largest absolute Gasteiger partial charge is 0.472 e. The minimum absolute atomic E-state index is 0.0377. The Kier molecular flexibility index (Phi) is 5.63. The maximum Gasteiger partial charge on any atom is 0.215 e. The van der Waals surface area contributed by atoms with E-state index in [2.05, 4.69) is 36.6 Å². The van der Waals surface area contributed by atoms with Gasteiger partial charge in [-0.05, 0) is 29.8 Å². The summed E-state index contributed by atoms with van der Waals surface area (Å²) in [5.74, 6) is 1.94. The number of nitrogen functional groups attached to an aromatic ring is 1. The molecule has 162 valence electrons. The van der Waals surface area contributed by atoms with Crippen molar-refractivity contribution in [2.24, 2.45) is 0 Å². The third-order valence-corrected chi connectivity index (χ3v) is 5.11. The number of hydrogen-bond acceptors (Lipinski definition) is 9. The highest BCUT2D eigenvalue weighted by molar-refractivity contribution is 5.79. The molecule has 3 aromatic heterocycles. The first kappa shape index (κ1) is 20.0. The normalized spacial score (nSPS) is 15.6. The van der Waals surface area contributed by atoms with Crippen LogP contribution in [0.15, 0.2) is 61.1 Å². The molecule has 4 heterocycles. The van der Waals surface area contributed by atoms with Crippen LogP contribution in [0.4, 0.5) is 23.1 Å². The van der Waals surface area contributed by atoms with E-state index < -0.39 is 0 Å². The highest BCUT2D eigenvalue weighted by Gasteiger charge is 2.17. The molecule has 5 rings (SSSR count). The molecule has 0 bridgehead atoms. The molecule has 4 aromatic rings. The number of fused-ring (bicyclic) bond motifs is 1. The van der Waals surface area contributed by atoms with Crippen molar-refractivity contribution in [2.75, 3.05) is 29.6 Å². The Hall–Kier alpha value is -3.98. The highest BCUT2D eigenvalue weighted by atomic mass is 16.5. The number of anilines is 4. The summed E-state index contributed by atoms with van der Waals surface area (Å²) in [5.41, 5.74) is 8.89. The molecule has 1 aliphatic heterocycles. The first-order chi connectivity index (χ1) is 15.7. The Bertz CT molecular complexity index is 1230. The summed E-state index contributed by atoms with van der Waals surface area (Å²) in [7, 11) is 0. The Balaban J connectivity index is 1.27. The van der Waals surface area contributed by atoms with Crippen LogP contribution in [0.2, 0.25) is 0 Å². The van der Waals surface area contributed by atoms with E-state index >= 15 is 0 Å². The van der Waals surface area contributed by atoms with Crippen LogP contribution in [0.5, 0.6) is 5.88 Å². The molecule has 0 aliphatic carbocycles. The smallest absolute Gasteiger partial charge is 0.215 e. The summed E-state index contributed by atoms with van der Waals surface area (Å²) in [6.45, 7) is 1.87. The molecule has 1 aliphatic rings. The fourth-order valence-corrected chi connectivity index (χ4v) is 3.49. The first-order valence-corrected chi connectivity index (χ1v) is 10.4. The molecule has 0 unspecified atom stereocenters. The zero-order valence-electron chi connectivity index (χ0n) is 17.4. The van der Waals surface area contributed by atoms with Gasteiger partial charge in [0.15, 0.2) is 17.5 Å². The third-order valence-electron chi connectivity index (χ3n) is 5.11. The van der Waals surface area contributed by atoms with Crippen LogP contribution in [0.3, 0.4) is 0 Å². The second-order valence-electron chi connectivity index (χ2n) is 7.48. The zero-order chi connectivity index (χ0) is 21.8. The van der Waals surface area contributed by atoms with Gasteiger partial charge in [-0.2, -0.15) is 0 Å². The summed E-state index contributed by atoms with van der Waals surface area (Å²) in [6, 6.07) is 13.8. The van der Waals surface area contributed by atoms with Gasteiger partial charge in [-0.25, -0.2) is 15.0 Å². The molecule has 9 heteroatoms. The number of rotatable bonds is 7. The Morgan fingerprint density at radius 1 is 1.09 bits per heavy atom. The van der Waals surface area contributed by atoms with Gasteiger partial charge in [0.05, 0.1) is 24.9 Å². The lowest BCUT2D eigenvalue weighted by atomic mass is 10.1. The summed E-state index contributed by atoms with van der Waals surface area (Å²) >= 11 is 0. The van der Waals surface area contributed by atoms with Crippen LogP contribution in [0.25, 0.3) is 10.9 Å². The minimum Gasteiger partial charge on any atom is -0.472 e.